The van der Waals surface area contributed by atoms with Gasteiger partial charge >= 0.3 is 0 Å². The molecule has 0 radical (unpaired) electrons. The Morgan fingerprint density at radius 3 is 3.03 bits per heavy atom. The molecule has 1 unspecified atom stereocenters. The van der Waals surface area contributed by atoms with Crippen LogP contribution in [0, 0.1) is 0 Å². The summed E-state index contributed by atoms with van der Waals surface area (Å²) in [6.45, 7) is 4.63. The van der Waals surface area contributed by atoms with E-state index in [1.54, 1.807) is 27.8 Å². The van der Waals surface area contributed by atoms with Crippen LogP contribution in [-0.2, 0) is 4.79 Å². The fourth-order valence-corrected chi connectivity index (χ4v) is 4.33. The number of ether oxygens (including phenoxy) is 1. The van der Waals surface area contributed by atoms with E-state index in [1.807, 2.05) is 0 Å². The maximum absolute atomic E-state index is 13.2. The van der Waals surface area contributed by atoms with Crippen molar-refractivity contribution < 1.29 is 14.3 Å². The van der Waals surface area contributed by atoms with Crippen molar-refractivity contribution in [1.29, 1.82) is 0 Å². The minimum Gasteiger partial charge on any atom is -0.450 e. The highest BCUT2D eigenvalue weighted by atomic mass is 35.5. The van der Waals surface area contributed by atoms with Crippen LogP contribution in [0.4, 0.5) is 11.5 Å². The van der Waals surface area contributed by atoms with E-state index in [-0.39, 0.29) is 23.5 Å². The van der Waals surface area contributed by atoms with Gasteiger partial charge in [0, 0.05) is 18.1 Å². The fraction of sp³-hybridized carbons (Fsp3) is 0.286. The third-order valence-corrected chi connectivity index (χ3v) is 5.93. The van der Waals surface area contributed by atoms with Crippen LogP contribution in [-0.4, -0.2) is 55.9 Å². The molecule has 12 heteroatoms. The van der Waals surface area contributed by atoms with Gasteiger partial charge in [0.1, 0.15) is 17.9 Å². The van der Waals surface area contributed by atoms with Crippen LogP contribution in [0.15, 0.2) is 37.2 Å². The summed E-state index contributed by atoms with van der Waals surface area (Å²) in [7, 11) is 0. The minimum atomic E-state index is -0.813. The van der Waals surface area contributed by atoms with Gasteiger partial charge in [0.25, 0.3) is 12.3 Å². The summed E-state index contributed by atoms with van der Waals surface area (Å²) >= 11 is 6.02. The molecule has 0 bridgehead atoms. The Hall–Kier alpha value is -3.86. The predicted molar refractivity (Wildman–Crippen MR) is 122 cm³/mol. The molecule has 1 fully saturated rings. The molecular weight excluding hydrogens is 448 g/mol. The molecule has 4 heterocycles. The summed E-state index contributed by atoms with van der Waals surface area (Å²) in [6.07, 6.45) is 3.37. The summed E-state index contributed by atoms with van der Waals surface area (Å²) in [5, 5.41) is 11.2. The van der Waals surface area contributed by atoms with Crippen molar-refractivity contribution >= 4 is 46.0 Å². The first-order valence-corrected chi connectivity index (χ1v) is 10.8. The standard InChI is InChI=1S/C21H21ClN8O3/c1-2-15(31)29-7-3-4-12(9-29)30-19-16(18(23)24-10-25-19)17(28-30)20(32)27-21-26-13-8-11(22)5-6-14(13)33-21/h2,5-6,8,10,12,21,26H,1,3-4,7,9H2,(H,27,32)(H2,23,24,25)/t12-,21?/m1/s1. The fourth-order valence-electron chi connectivity index (χ4n) is 4.16. The number of hydrogen-bond acceptors (Lipinski definition) is 8. The molecule has 11 nitrogen and oxygen atoms in total. The number of halogens is 1. The van der Waals surface area contributed by atoms with E-state index in [4.69, 9.17) is 22.1 Å². The summed E-state index contributed by atoms with van der Waals surface area (Å²) in [6, 6.07) is 4.95. The Morgan fingerprint density at radius 2 is 2.21 bits per heavy atom. The van der Waals surface area contributed by atoms with Gasteiger partial charge in [-0.05, 0) is 37.1 Å². The maximum Gasteiger partial charge on any atom is 0.276 e. The molecule has 1 aromatic carbocycles. The number of hydrogen-bond donors (Lipinski definition) is 3. The highest BCUT2D eigenvalue weighted by Gasteiger charge is 2.31. The van der Waals surface area contributed by atoms with Gasteiger partial charge < -0.3 is 20.7 Å². The lowest BCUT2D eigenvalue weighted by molar-refractivity contribution is -0.127. The van der Waals surface area contributed by atoms with Crippen molar-refractivity contribution in [3.05, 3.63) is 47.9 Å². The van der Waals surface area contributed by atoms with Crippen LogP contribution in [0.25, 0.3) is 11.0 Å². The highest BCUT2D eigenvalue weighted by Crippen LogP contribution is 2.34. The molecule has 2 amide bonds. The Bertz CT molecular complexity index is 1280. The molecule has 0 spiro atoms. The second kappa shape index (κ2) is 8.24. The zero-order valence-corrected chi connectivity index (χ0v) is 18.2. The molecule has 1 saturated heterocycles. The number of rotatable bonds is 4. The topological polar surface area (TPSA) is 140 Å². The normalized spacial score (nSPS) is 19.5. The van der Waals surface area contributed by atoms with Gasteiger partial charge in [0.15, 0.2) is 11.3 Å². The van der Waals surface area contributed by atoms with E-state index in [2.05, 4.69) is 32.3 Å². The lowest BCUT2D eigenvalue weighted by atomic mass is 10.1. The monoisotopic (exact) mass is 468 g/mol. The smallest absolute Gasteiger partial charge is 0.276 e. The van der Waals surface area contributed by atoms with Crippen molar-refractivity contribution in [3.8, 4) is 5.75 Å². The number of carbonyl (C=O) groups is 2. The molecule has 33 heavy (non-hydrogen) atoms. The number of anilines is 2. The third kappa shape index (κ3) is 3.80. The molecule has 2 aromatic heterocycles. The van der Waals surface area contributed by atoms with Crippen molar-refractivity contribution in [1.82, 2.24) is 30.0 Å². The molecular formula is C21H21ClN8O3. The Kier molecular flexibility index (Phi) is 5.25. The van der Waals surface area contributed by atoms with Gasteiger partial charge in [-0.15, -0.1) is 0 Å². The van der Waals surface area contributed by atoms with E-state index >= 15 is 0 Å². The van der Waals surface area contributed by atoms with E-state index in [1.165, 1.54) is 12.4 Å². The van der Waals surface area contributed by atoms with Crippen LogP contribution in [0.3, 0.4) is 0 Å². The first-order chi connectivity index (χ1) is 15.9. The van der Waals surface area contributed by atoms with Gasteiger partial charge in [-0.1, -0.05) is 18.2 Å². The van der Waals surface area contributed by atoms with Gasteiger partial charge in [0.05, 0.1) is 17.1 Å². The molecule has 0 aliphatic carbocycles. The number of nitrogen functional groups attached to an aromatic ring is 1. The van der Waals surface area contributed by atoms with Crippen LogP contribution in [0.2, 0.25) is 5.02 Å². The average molecular weight is 469 g/mol. The summed E-state index contributed by atoms with van der Waals surface area (Å²) < 4.78 is 7.37. The van der Waals surface area contributed by atoms with Crippen LogP contribution in [0.5, 0.6) is 5.75 Å². The van der Waals surface area contributed by atoms with Gasteiger partial charge in [-0.2, -0.15) is 5.10 Å². The molecule has 2 aliphatic rings. The number of nitrogens with two attached hydrogens (primary N) is 1. The van der Waals surface area contributed by atoms with Crippen molar-refractivity contribution in [3.63, 3.8) is 0 Å². The summed E-state index contributed by atoms with van der Waals surface area (Å²) in [5.41, 5.74) is 7.28. The molecule has 2 aliphatic heterocycles. The van der Waals surface area contributed by atoms with Crippen LogP contribution in [0.1, 0.15) is 29.4 Å². The molecule has 4 N–H and O–H groups in total. The average Bonchev–Trinajstić information content (AvgIpc) is 3.40. The molecule has 170 valence electrons. The minimum absolute atomic E-state index is 0.0784. The number of benzene rings is 1. The summed E-state index contributed by atoms with van der Waals surface area (Å²) in [4.78, 5) is 35.4. The lowest BCUT2D eigenvalue weighted by Gasteiger charge is -2.32. The van der Waals surface area contributed by atoms with E-state index < -0.39 is 12.3 Å². The molecule has 3 aromatic rings. The van der Waals surface area contributed by atoms with Crippen LogP contribution >= 0.6 is 11.6 Å². The number of nitrogens with zero attached hydrogens (tertiary/aromatic N) is 5. The second-order valence-corrected chi connectivity index (χ2v) is 8.23. The van der Waals surface area contributed by atoms with Crippen molar-refractivity contribution in [2.75, 3.05) is 24.1 Å². The van der Waals surface area contributed by atoms with E-state index in [0.717, 1.165) is 12.8 Å². The Balaban J connectivity index is 1.43. The van der Waals surface area contributed by atoms with Crippen LogP contribution < -0.4 is 21.1 Å². The van der Waals surface area contributed by atoms with E-state index in [0.29, 0.717) is 40.6 Å². The predicted octanol–water partition coefficient (Wildman–Crippen LogP) is 1.93. The van der Waals surface area contributed by atoms with Gasteiger partial charge in [0.2, 0.25) is 5.91 Å². The van der Waals surface area contributed by atoms with Crippen molar-refractivity contribution in [2.24, 2.45) is 0 Å². The molecule has 0 saturated carbocycles. The maximum atomic E-state index is 13.2. The number of carbonyl (C=O) groups excluding carboxylic acids is 2. The number of amides is 2. The quantitative estimate of drug-likeness (QED) is 0.493. The number of likely N-dealkylation sites (tertiary alicyclic amines) is 1. The second-order valence-electron chi connectivity index (χ2n) is 7.79. The Labute approximate surface area is 193 Å². The van der Waals surface area contributed by atoms with Gasteiger partial charge in [-0.3, -0.25) is 14.9 Å². The Morgan fingerprint density at radius 1 is 1.36 bits per heavy atom. The number of aromatic nitrogens is 4. The largest absolute Gasteiger partial charge is 0.450 e. The zero-order chi connectivity index (χ0) is 23.1. The SMILES string of the molecule is C=CC(=O)N1CCC[C@@H](n2nc(C(=O)NC3Nc4cc(Cl)ccc4O3)c3c(N)ncnc32)C1. The van der Waals surface area contributed by atoms with Gasteiger partial charge in [-0.25, -0.2) is 14.6 Å². The first-order valence-electron chi connectivity index (χ1n) is 10.4. The lowest BCUT2D eigenvalue weighted by Crippen LogP contribution is -2.42. The highest BCUT2D eigenvalue weighted by molar-refractivity contribution is 6.31. The first kappa shape index (κ1) is 21.0. The number of piperidine rings is 1. The molecule has 5 rings (SSSR count). The number of nitrogens with one attached hydrogen (secondary N) is 2. The molecule has 2 atom stereocenters. The van der Waals surface area contributed by atoms with Crippen molar-refractivity contribution in [2.45, 2.75) is 25.2 Å². The third-order valence-electron chi connectivity index (χ3n) is 5.70. The zero-order valence-electron chi connectivity index (χ0n) is 17.5. The van der Waals surface area contributed by atoms with E-state index in [9.17, 15) is 9.59 Å². The number of fused-ring (bicyclic) bond motifs is 2. The summed E-state index contributed by atoms with van der Waals surface area (Å²) in [5.74, 6) is 0.0533.